The lowest BCUT2D eigenvalue weighted by atomic mass is 10.2. The van der Waals surface area contributed by atoms with Crippen LogP contribution >= 0.6 is 61.2 Å². The highest BCUT2D eigenvalue weighted by Gasteiger charge is 2.46. The number of rotatable bonds is 3. The minimum absolute atomic E-state index is 0.343. The van der Waals surface area contributed by atoms with Gasteiger partial charge in [0.2, 0.25) is 10.6 Å². The van der Waals surface area contributed by atoms with Gasteiger partial charge in [0.15, 0.2) is 0 Å². The molecule has 0 atom stereocenters. The van der Waals surface area contributed by atoms with Gasteiger partial charge in [-0.05, 0) is 22.2 Å². The van der Waals surface area contributed by atoms with E-state index in [2.05, 4.69) is 103 Å². The van der Waals surface area contributed by atoms with E-state index in [-0.39, 0.29) is 0 Å². The summed E-state index contributed by atoms with van der Waals surface area (Å²) >= 11 is 15.8. The Hall–Kier alpha value is 2.35. The van der Waals surface area contributed by atoms with Crippen molar-refractivity contribution < 1.29 is 0 Å². The molecule has 0 heterocycles. The van der Waals surface area contributed by atoms with Crippen LogP contribution in [0.5, 0.6) is 0 Å². The lowest BCUT2D eigenvalue weighted by Gasteiger charge is -2.37. The maximum absolute atomic E-state index is 3.96. The van der Waals surface area contributed by atoms with Gasteiger partial charge in [-0.2, -0.15) is 0 Å². The first-order valence-corrected chi connectivity index (χ1v) is 18.9. The monoisotopic (exact) mass is 514 g/mol. The maximum Gasteiger partial charge on any atom is 0.206 e. The molecule has 0 rings (SSSR count). The molecule has 16 heavy (non-hydrogen) atoms. The normalized spacial score (nSPS) is 15.4. The molecule has 0 saturated carbocycles. The molecule has 0 nitrogen and oxygen atoms in total. The second-order valence-electron chi connectivity index (χ2n) is 6.41. The smallest absolute Gasteiger partial charge is 0.110 e. The standard InChI is InChI=1S/C10H22Br4Si2/c1-9(2,3)15(11,12)7-8-16(13,14)10(4,5)6/h7-8H2,1-6H3. The average molecular weight is 518 g/mol. The first-order valence-electron chi connectivity index (χ1n) is 5.46. The van der Waals surface area contributed by atoms with Crippen LogP contribution in [0.3, 0.4) is 0 Å². The predicted molar refractivity (Wildman–Crippen MR) is 96.3 cm³/mol. The molecule has 0 fully saturated rings. The molecule has 0 aromatic rings. The second-order valence-corrected chi connectivity index (χ2v) is 35.9. The molecule has 0 aromatic carbocycles. The highest BCUT2D eigenvalue weighted by Crippen LogP contribution is 2.54. The zero-order valence-electron chi connectivity index (χ0n) is 10.9. The van der Waals surface area contributed by atoms with Gasteiger partial charge in [-0.25, -0.2) is 0 Å². The third-order valence-corrected chi connectivity index (χ3v) is 28.6. The van der Waals surface area contributed by atoms with Crippen molar-refractivity contribution in [2.24, 2.45) is 0 Å². The first-order chi connectivity index (χ1) is 6.71. The summed E-state index contributed by atoms with van der Waals surface area (Å²) in [5, 5.41) is -2.30. The Morgan fingerprint density at radius 1 is 0.625 bits per heavy atom. The zero-order valence-corrected chi connectivity index (χ0v) is 19.3. The highest BCUT2D eigenvalue weighted by atomic mass is 79.9. The van der Waals surface area contributed by atoms with Gasteiger partial charge in [-0.1, -0.05) is 41.5 Å². The molecule has 0 aromatic heterocycles. The van der Waals surface area contributed by atoms with E-state index in [1.165, 1.54) is 12.1 Å². The van der Waals surface area contributed by atoms with Crippen LogP contribution in [0.1, 0.15) is 41.5 Å². The van der Waals surface area contributed by atoms with Crippen LogP contribution in [0.25, 0.3) is 0 Å². The molecule has 0 radical (unpaired) electrons. The summed E-state index contributed by atoms with van der Waals surface area (Å²) in [7, 11) is 0. The summed E-state index contributed by atoms with van der Waals surface area (Å²) in [6.45, 7) is 13.9. The van der Waals surface area contributed by atoms with E-state index in [1.807, 2.05) is 0 Å². The fourth-order valence-electron chi connectivity index (χ4n) is 1.06. The molecule has 0 unspecified atom stereocenters. The second kappa shape index (κ2) is 5.77. The van der Waals surface area contributed by atoms with Gasteiger partial charge >= 0.3 is 0 Å². The Morgan fingerprint density at radius 3 is 0.938 bits per heavy atom. The number of halogens is 4. The molecular formula is C10H22Br4Si2. The van der Waals surface area contributed by atoms with Crippen molar-refractivity contribution in [2.75, 3.05) is 0 Å². The summed E-state index contributed by atoms with van der Waals surface area (Å²) in [5.74, 6) is 0. The van der Waals surface area contributed by atoms with Crippen molar-refractivity contribution in [3.8, 4) is 0 Å². The van der Waals surface area contributed by atoms with Crippen LogP contribution in [0.15, 0.2) is 0 Å². The topological polar surface area (TPSA) is 0 Å². The largest absolute Gasteiger partial charge is 0.206 e. The van der Waals surface area contributed by atoms with Gasteiger partial charge in [-0.3, -0.25) is 0 Å². The van der Waals surface area contributed by atoms with Crippen LogP contribution in [0.2, 0.25) is 22.2 Å². The van der Waals surface area contributed by atoms with Crippen molar-refractivity contribution in [1.29, 1.82) is 0 Å². The quantitative estimate of drug-likeness (QED) is 0.278. The zero-order chi connectivity index (χ0) is 13.4. The van der Waals surface area contributed by atoms with Crippen molar-refractivity contribution in [1.82, 2.24) is 0 Å². The summed E-state index contributed by atoms with van der Waals surface area (Å²) in [5.41, 5.74) is 0. The van der Waals surface area contributed by atoms with Gasteiger partial charge in [0.05, 0.1) is 0 Å². The van der Waals surface area contributed by atoms with E-state index in [4.69, 9.17) is 0 Å². The van der Waals surface area contributed by atoms with Crippen LogP contribution in [0.4, 0.5) is 0 Å². The van der Waals surface area contributed by atoms with E-state index in [1.54, 1.807) is 0 Å². The highest BCUT2D eigenvalue weighted by molar-refractivity contribution is 9.52. The lowest BCUT2D eigenvalue weighted by molar-refractivity contribution is 0.733. The third-order valence-electron chi connectivity index (χ3n) is 2.95. The number of hydrogen-bond acceptors (Lipinski definition) is 0. The SMILES string of the molecule is CC(C)(C)[Si](Br)(Br)CC[Si](Br)(Br)C(C)(C)C. The molecule has 0 bridgehead atoms. The average Bonchev–Trinajstić information content (AvgIpc) is 1.97. The first kappa shape index (κ1) is 18.4. The van der Waals surface area contributed by atoms with Gasteiger partial charge in [-0.15, -0.1) is 61.2 Å². The predicted octanol–water partition coefficient (Wildman–Crippen LogP) is 7.05. The Balaban J connectivity index is 4.59. The Labute approximate surface area is 134 Å². The number of hydrogen-bond donors (Lipinski definition) is 0. The van der Waals surface area contributed by atoms with Crippen molar-refractivity contribution in [3.05, 3.63) is 0 Å². The van der Waals surface area contributed by atoms with Crippen LogP contribution < -0.4 is 0 Å². The van der Waals surface area contributed by atoms with E-state index in [0.29, 0.717) is 10.1 Å². The molecule has 6 heteroatoms. The van der Waals surface area contributed by atoms with Crippen molar-refractivity contribution in [3.63, 3.8) is 0 Å². The van der Waals surface area contributed by atoms with E-state index in [9.17, 15) is 0 Å². The molecule has 0 N–H and O–H groups in total. The minimum atomic E-state index is -1.49. The molecular weight excluding hydrogens is 496 g/mol. The van der Waals surface area contributed by atoms with E-state index < -0.39 is 10.6 Å². The van der Waals surface area contributed by atoms with Gasteiger partial charge < -0.3 is 0 Å². The Kier molecular flexibility index (Phi) is 6.62. The van der Waals surface area contributed by atoms with Gasteiger partial charge in [0, 0.05) is 0 Å². The molecule has 0 aliphatic rings. The summed E-state index contributed by atoms with van der Waals surface area (Å²) in [4.78, 5) is 0. The Bertz CT molecular complexity index is 212. The summed E-state index contributed by atoms with van der Waals surface area (Å²) in [6, 6.07) is 2.49. The minimum Gasteiger partial charge on any atom is -0.110 e. The molecule has 98 valence electrons. The third kappa shape index (κ3) is 5.15. The fourth-order valence-corrected chi connectivity index (χ4v) is 12.2. The van der Waals surface area contributed by atoms with Crippen molar-refractivity contribution in [2.45, 2.75) is 63.7 Å². The fraction of sp³-hybridized carbons (Fsp3) is 1.00. The molecule has 0 spiro atoms. The van der Waals surface area contributed by atoms with E-state index >= 15 is 0 Å². The molecule has 0 amide bonds. The molecule has 0 aliphatic heterocycles. The van der Waals surface area contributed by atoms with Crippen molar-refractivity contribution >= 4 is 71.8 Å². The maximum atomic E-state index is 3.96. The van der Waals surface area contributed by atoms with Crippen LogP contribution in [-0.2, 0) is 0 Å². The summed E-state index contributed by atoms with van der Waals surface area (Å²) in [6.07, 6.45) is 0. The van der Waals surface area contributed by atoms with Crippen LogP contribution in [0, 0.1) is 0 Å². The Morgan fingerprint density at radius 2 is 0.812 bits per heavy atom. The van der Waals surface area contributed by atoms with Crippen LogP contribution in [-0.4, -0.2) is 10.6 Å². The molecule has 0 aliphatic carbocycles. The van der Waals surface area contributed by atoms with Gasteiger partial charge in [0.1, 0.15) is 0 Å². The lowest BCUT2D eigenvalue weighted by Crippen LogP contribution is -2.36. The van der Waals surface area contributed by atoms with E-state index in [0.717, 1.165) is 0 Å². The molecule has 0 saturated heterocycles. The van der Waals surface area contributed by atoms with Gasteiger partial charge in [0.25, 0.3) is 0 Å². The summed E-state index contributed by atoms with van der Waals surface area (Å²) < 4.78 is 0.